The molecule has 96 valence electrons. The number of rotatable bonds is 5. The first-order valence-corrected chi connectivity index (χ1v) is 5.60. The minimum absolute atomic E-state index is 0.506. The van der Waals surface area contributed by atoms with Crippen LogP contribution >= 0.6 is 0 Å². The Morgan fingerprint density at radius 3 is 2.72 bits per heavy atom. The maximum Gasteiger partial charge on any atom is 0.294 e. The van der Waals surface area contributed by atoms with Gasteiger partial charge in [-0.25, -0.2) is 4.98 Å². The van der Waals surface area contributed by atoms with E-state index in [9.17, 15) is 0 Å². The summed E-state index contributed by atoms with van der Waals surface area (Å²) in [5, 5.41) is 2.85. The molecule has 1 N–H and O–H groups in total. The first-order chi connectivity index (χ1) is 8.76. The molecule has 2 rings (SSSR count). The lowest BCUT2D eigenvalue weighted by Crippen LogP contribution is -1.94. The Morgan fingerprint density at radius 2 is 2.11 bits per heavy atom. The Labute approximate surface area is 106 Å². The van der Waals surface area contributed by atoms with E-state index in [4.69, 9.17) is 13.9 Å². The fourth-order valence-corrected chi connectivity index (χ4v) is 1.71. The minimum Gasteiger partial charge on any atom is -0.497 e. The average Bonchev–Trinajstić information content (AvgIpc) is 2.86. The second-order valence-electron chi connectivity index (χ2n) is 3.74. The fraction of sp³-hybridized carbons (Fsp3) is 0.308. The Balaban J connectivity index is 2.25. The monoisotopic (exact) mass is 248 g/mol. The molecule has 5 nitrogen and oxygen atoms in total. The molecular weight excluding hydrogens is 232 g/mol. The second kappa shape index (κ2) is 5.44. The van der Waals surface area contributed by atoms with E-state index in [1.807, 2.05) is 18.2 Å². The lowest BCUT2D eigenvalue weighted by molar-refractivity contribution is 0.398. The molecule has 1 aromatic carbocycles. The van der Waals surface area contributed by atoms with Gasteiger partial charge in [0.2, 0.25) is 0 Å². The molecule has 18 heavy (non-hydrogen) atoms. The van der Waals surface area contributed by atoms with Gasteiger partial charge in [0, 0.05) is 19.0 Å². The SMILES string of the molecule is CNc1ncc(Cc2cc(OC)ccc2OC)o1. The normalized spacial score (nSPS) is 10.2. The summed E-state index contributed by atoms with van der Waals surface area (Å²) >= 11 is 0. The molecule has 2 aromatic rings. The van der Waals surface area contributed by atoms with E-state index in [-0.39, 0.29) is 0 Å². The molecule has 0 spiro atoms. The number of methoxy groups -OCH3 is 2. The summed E-state index contributed by atoms with van der Waals surface area (Å²) in [4.78, 5) is 4.08. The highest BCUT2D eigenvalue weighted by Gasteiger charge is 2.09. The van der Waals surface area contributed by atoms with Crippen molar-refractivity contribution in [1.82, 2.24) is 4.98 Å². The minimum atomic E-state index is 0.506. The molecule has 0 unspecified atom stereocenters. The van der Waals surface area contributed by atoms with Gasteiger partial charge in [-0.1, -0.05) is 0 Å². The summed E-state index contributed by atoms with van der Waals surface area (Å²) in [6.07, 6.45) is 2.31. The first kappa shape index (κ1) is 12.3. The lowest BCUT2D eigenvalue weighted by atomic mass is 10.1. The Hall–Kier alpha value is -2.17. The molecule has 0 amide bonds. The molecule has 0 aliphatic rings. The first-order valence-electron chi connectivity index (χ1n) is 5.60. The van der Waals surface area contributed by atoms with Gasteiger partial charge >= 0.3 is 0 Å². The summed E-state index contributed by atoms with van der Waals surface area (Å²) in [6, 6.07) is 6.18. The van der Waals surface area contributed by atoms with Crippen LogP contribution in [-0.4, -0.2) is 26.3 Å². The number of nitrogens with one attached hydrogen (secondary N) is 1. The van der Waals surface area contributed by atoms with E-state index in [0.717, 1.165) is 22.8 Å². The zero-order valence-corrected chi connectivity index (χ0v) is 10.7. The number of benzene rings is 1. The number of aromatic nitrogens is 1. The number of oxazole rings is 1. The molecule has 0 bridgehead atoms. The van der Waals surface area contributed by atoms with E-state index < -0.39 is 0 Å². The lowest BCUT2D eigenvalue weighted by Gasteiger charge is -2.09. The molecule has 5 heteroatoms. The maximum absolute atomic E-state index is 5.49. The zero-order chi connectivity index (χ0) is 13.0. The van der Waals surface area contributed by atoms with Crippen molar-refractivity contribution >= 4 is 6.01 Å². The van der Waals surface area contributed by atoms with Crippen LogP contribution in [0.1, 0.15) is 11.3 Å². The van der Waals surface area contributed by atoms with Gasteiger partial charge in [0.05, 0.1) is 20.4 Å². The summed E-state index contributed by atoms with van der Waals surface area (Å²) in [6.45, 7) is 0. The molecule has 1 aromatic heterocycles. The largest absolute Gasteiger partial charge is 0.497 e. The third kappa shape index (κ3) is 2.56. The molecule has 0 atom stereocenters. The molecule has 0 aliphatic heterocycles. The van der Waals surface area contributed by atoms with E-state index in [0.29, 0.717) is 12.4 Å². The molecule has 1 heterocycles. The van der Waals surface area contributed by atoms with Gasteiger partial charge in [0.1, 0.15) is 17.3 Å². The van der Waals surface area contributed by atoms with Crippen molar-refractivity contribution in [3.63, 3.8) is 0 Å². The van der Waals surface area contributed by atoms with Crippen molar-refractivity contribution in [3.8, 4) is 11.5 Å². The summed E-state index contributed by atoms with van der Waals surface area (Å²) in [7, 11) is 5.05. The smallest absolute Gasteiger partial charge is 0.294 e. The van der Waals surface area contributed by atoms with Crippen molar-refractivity contribution in [1.29, 1.82) is 0 Å². The van der Waals surface area contributed by atoms with E-state index >= 15 is 0 Å². The third-order valence-electron chi connectivity index (χ3n) is 2.62. The van der Waals surface area contributed by atoms with Crippen molar-refractivity contribution in [2.24, 2.45) is 0 Å². The molecule has 0 aliphatic carbocycles. The summed E-state index contributed by atoms with van der Waals surface area (Å²) in [5.41, 5.74) is 0.996. The molecule has 0 saturated heterocycles. The summed E-state index contributed by atoms with van der Waals surface area (Å²) < 4.78 is 16.0. The topological polar surface area (TPSA) is 56.5 Å². The maximum atomic E-state index is 5.49. The Kier molecular flexibility index (Phi) is 3.72. The van der Waals surface area contributed by atoms with Crippen LogP contribution in [0.25, 0.3) is 0 Å². The van der Waals surface area contributed by atoms with Crippen LogP contribution in [0.5, 0.6) is 11.5 Å². The van der Waals surface area contributed by atoms with Crippen LogP contribution in [-0.2, 0) is 6.42 Å². The van der Waals surface area contributed by atoms with Gasteiger partial charge in [0.25, 0.3) is 6.01 Å². The Morgan fingerprint density at radius 1 is 1.28 bits per heavy atom. The van der Waals surface area contributed by atoms with Crippen LogP contribution < -0.4 is 14.8 Å². The second-order valence-corrected chi connectivity index (χ2v) is 3.74. The number of ether oxygens (including phenoxy) is 2. The van der Waals surface area contributed by atoms with Crippen molar-refractivity contribution < 1.29 is 13.9 Å². The van der Waals surface area contributed by atoms with Gasteiger partial charge in [-0.05, 0) is 18.2 Å². The van der Waals surface area contributed by atoms with Crippen LogP contribution in [0.2, 0.25) is 0 Å². The zero-order valence-electron chi connectivity index (χ0n) is 10.7. The van der Waals surface area contributed by atoms with Crippen molar-refractivity contribution in [2.75, 3.05) is 26.6 Å². The molecular formula is C13H16N2O3. The van der Waals surface area contributed by atoms with E-state index in [1.54, 1.807) is 27.5 Å². The Bertz CT molecular complexity index is 523. The highest BCUT2D eigenvalue weighted by Crippen LogP contribution is 2.26. The predicted molar refractivity (Wildman–Crippen MR) is 68.4 cm³/mol. The highest BCUT2D eigenvalue weighted by atomic mass is 16.5. The van der Waals surface area contributed by atoms with Crippen molar-refractivity contribution in [3.05, 3.63) is 35.7 Å². The molecule has 0 fully saturated rings. The van der Waals surface area contributed by atoms with Gasteiger partial charge in [-0.3, -0.25) is 0 Å². The van der Waals surface area contributed by atoms with Crippen LogP contribution in [0.4, 0.5) is 6.01 Å². The van der Waals surface area contributed by atoms with E-state index in [1.165, 1.54) is 0 Å². The van der Waals surface area contributed by atoms with Gasteiger partial charge in [0.15, 0.2) is 0 Å². The average molecular weight is 248 g/mol. The van der Waals surface area contributed by atoms with Gasteiger partial charge < -0.3 is 19.2 Å². The van der Waals surface area contributed by atoms with Gasteiger partial charge in [-0.15, -0.1) is 0 Å². The number of hydrogen-bond donors (Lipinski definition) is 1. The predicted octanol–water partition coefficient (Wildman–Crippen LogP) is 2.32. The molecule has 0 radical (unpaired) electrons. The number of nitrogens with zero attached hydrogens (tertiary/aromatic N) is 1. The quantitative estimate of drug-likeness (QED) is 0.880. The van der Waals surface area contributed by atoms with Crippen molar-refractivity contribution in [2.45, 2.75) is 6.42 Å². The fourth-order valence-electron chi connectivity index (χ4n) is 1.71. The van der Waals surface area contributed by atoms with E-state index in [2.05, 4.69) is 10.3 Å². The molecule has 0 saturated carbocycles. The standard InChI is InChI=1S/C13H16N2O3/c1-14-13-15-8-11(18-13)7-9-6-10(16-2)4-5-12(9)17-3/h4-6,8H,7H2,1-3H3,(H,14,15). The van der Waals surface area contributed by atoms with Crippen LogP contribution in [0, 0.1) is 0 Å². The number of hydrogen-bond acceptors (Lipinski definition) is 5. The van der Waals surface area contributed by atoms with Crippen LogP contribution in [0.3, 0.4) is 0 Å². The summed E-state index contributed by atoms with van der Waals surface area (Å²) in [5.74, 6) is 2.36. The van der Waals surface area contributed by atoms with Gasteiger partial charge in [-0.2, -0.15) is 0 Å². The van der Waals surface area contributed by atoms with Crippen LogP contribution in [0.15, 0.2) is 28.8 Å². The third-order valence-corrected chi connectivity index (χ3v) is 2.62. The highest BCUT2D eigenvalue weighted by molar-refractivity contribution is 5.42. The number of anilines is 1.